The second kappa shape index (κ2) is 14.1. The Morgan fingerprint density at radius 3 is 2.24 bits per heavy atom. The van der Waals surface area contributed by atoms with E-state index in [1.54, 1.807) is 6.20 Å². The number of aryl methyl sites for hydroxylation is 2. The summed E-state index contributed by atoms with van der Waals surface area (Å²) in [6, 6.07) is 52.3. The number of hydrogen-bond donors (Lipinski definition) is 0. The quantitative estimate of drug-likeness (QED) is 0.166. The van der Waals surface area contributed by atoms with E-state index in [0.29, 0.717) is 0 Å². The molecule has 9 aromatic rings. The third-order valence-corrected chi connectivity index (χ3v) is 9.59. The van der Waals surface area contributed by atoms with Gasteiger partial charge in [0.05, 0.1) is 23.1 Å². The van der Waals surface area contributed by atoms with E-state index in [4.69, 9.17) is 4.98 Å². The summed E-state index contributed by atoms with van der Waals surface area (Å²) >= 11 is 1.82. The average Bonchev–Trinajstić information content (AvgIpc) is 3.72. The maximum absolute atomic E-state index is 5.13. The largest absolute Gasteiger partial charge is 0.332 e. The Labute approximate surface area is 303 Å². The molecular weight excluding hydrogens is 797 g/mol. The zero-order chi connectivity index (χ0) is 32.5. The number of imidazole rings is 1. The zero-order valence-electron chi connectivity index (χ0n) is 26.9. The van der Waals surface area contributed by atoms with Gasteiger partial charge in [-0.05, 0) is 64.2 Å². The van der Waals surface area contributed by atoms with Crippen LogP contribution in [-0.4, -0.2) is 19.5 Å². The maximum Gasteiger partial charge on any atom is 0.0822 e. The molecule has 0 N–H and O–H groups in total. The number of fused-ring (bicyclic) bond motifs is 4. The SMILES string of the molecule is Cc1cc2nc(-c3[c-]cc(C)c4c3sc3cc(-c5ccccc5)ccc34)n(-c3ccccc3)c2cn1.[Ir].[c-]1ccccc1-c1ccccn1. The number of hydrogen-bond acceptors (Lipinski definition) is 4. The van der Waals surface area contributed by atoms with Gasteiger partial charge >= 0.3 is 0 Å². The van der Waals surface area contributed by atoms with Gasteiger partial charge in [0.2, 0.25) is 0 Å². The van der Waals surface area contributed by atoms with Gasteiger partial charge in [-0.3, -0.25) is 9.97 Å². The Kier molecular flexibility index (Phi) is 9.27. The van der Waals surface area contributed by atoms with E-state index >= 15 is 0 Å². The number of thiophene rings is 1. The zero-order valence-corrected chi connectivity index (χ0v) is 30.1. The van der Waals surface area contributed by atoms with Gasteiger partial charge in [0, 0.05) is 42.4 Å². The van der Waals surface area contributed by atoms with Gasteiger partial charge in [-0.2, -0.15) is 11.3 Å². The van der Waals surface area contributed by atoms with Crippen molar-refractivity contribution in [1.29, 1.82) is 0 Å². The summed E-state index contributed by atoms with van der Waals surface area (Å²) in [6.45, 7) is 4.18. The van der Waals surface area contributed by atoms with Crippen molar-refractivity contribution in [2.75, 3.05) is 0 Å². The Morgan fingerprint density at radius 2 is 1.49 bits per heavy atom. The van der Waals surface area contributed by atoms with Crippen molar-refractivity contribution in [1.82, 2.24) is 19.5 Å². The van der Waals surface area contributed by atoms with Crippen LogP contribution in [0.4, 0.5) is 0 Å². The first-order valence-electron chi connectivity index (χ1n) is 15.9. The fourth-order valence-corrected chi connectivity index (χ4v) is 7.43. The van der Waals surface area contributed by atoms with Crippen molar-refractivity contribution < 1.29 is 20.1 Å². The molecule has 1 radical (unpaired) electrons. The van der Waals surface area contributed by atoms with Crippen LogP contribution >= 0.6 is 11.3 Å². The molecule has 0 aliphatic heterocycles. The Bertz CT molecular complexity index is 2470. The fraction of sp³-hybridized carbons (Fsp3) is 0.0465. The van der Waals surface area contributed by atoms with E-state index in [0.717, 1.165) is 45.1 Å². The average molecular weight is 827 g/mol. The summed E-state index contributed by atoms with van der Waals surface area (Å²) in [5.74, 6) is 0.892. The summed E-state index contributed by atoms with van der Waals surface area (Å²) < 4.78 is 4.70. The molecule has 4 aromatic heterocycles. The van der Waals surface area contributed by atoms with Crippen LogP contribution in [0.25, 0.3) is 70.7 Å². The van der Waals surface area contributed by atoms with Crippen molar-refractivity contribution in [3.8, 4) is 39.5 Å². The van der Waals surface area contributed by atoms with E-state index in [1.165, 1.54) is 36.9 Å². The van der Waals surface area contributed by atoms with Crippen LogP contribution in [0.1, 0.15) is 11.3 Å². The topological polar surface area (TPSA) is 43.6 Å². The second-order valence-electron chi connectivity index (χ2n) is 11.6. The predicted octanol–water partition coefficient (Wildman–Crippen LogP) is 11.1. The molecule has 0 unspecified atom stereocenters. The van der Waals surface area contributed by atoms with E-state index in [-0.39, 0.29) is 20.1 Å². The molecule has 0 aliphatic rings. The van der Waals surface area contributed by atoms with Gasteiger partial charge in [0.1, 0.15) is 0 Å². The van der Waals surface area contributed by atoms with Gasteiger partial charge in [-0.15, -0.1) is 53.6 Å². The minimum atomic E-state index is 0. The normalized spacial score (nSPS) is 10.9. The molecular formula is C43H30IrN4S-2. The molecule has 0 aliphatic carbocycles. The van der Waals surface area contributed by atoms with Crippen LogP contribution in [0, 0.1) is 26.0 Å². The molecule has 239 valence electrons. The van der Waals surface area contributed by atoms with Crippen LogP contribution in [-0.2, 0) is 20.1 Å². The monoisotopic (exact) mass is 827 g/mol. The summed E-state index contributed by atoms with van der Waals surface area (Å²) in [4.78, 5) is 13.9. The summed E-state index contributed by atoms with van der Waals surface area (Å²) in [7, 11) is 0. The molecule has 49 heavy (non-hydrogen) atoms. The minimum Gasteiger partial charge on any atom is -0.332 e. The Morgan fingerprint density at radius 1 is 0.714 bits per heavy atom. The Hall–Kier alpha value is -5.26. The molecule has 9 rings (SSSR count). The number of nitrogens with zero attached hydrogens (tertiary/aromatic N) is 4. The molecule has 0 saturated carbocycles. The van der Waals surface area contributed by atoms with E-state index < -0.39 is 0 Å². The van der Waals surface area contributed by atoms with E-state index in [1.807, 2.05) is 73.0 Å². The Balaban J connectivity index is 0.000000246. The van der Waals surface area contributed by atoms with Crippen molar-refractivity contribution in [3.63, 3.8) is 0 Å². The van der Waals surface area contributed by atoms with Crippen molar-refractivity contribution in [2.45, 2.75) is 13.8 Å². The molecule has 6 heteroatoms. The number of rotatable bonds is 4. The molecule has 0 spiro atoms. The number of pyridine rings is 2. The molecule has 0 bridgehead atoms. The molecule has 5 aromatic carbocycles. The van der Waals surface area contributed by atoms with Crippen LogP contribution in [0.3, 0.4) is 0 Å². The van der Waals surface area contributed by atoms with Crippen LogP contribution < -0.4 is 0 Å². The molecule has 4 nitrogen and oxygen atoms in total. The molecule has 4 heterocycles. The van der Waals surface area contributed by atoms with E-state index in [2.05, 4.69) is 119 Å². The smallest absolute Gasteiger partial charge is 0.0822 e. The molecule has 0 saturated heterocycles. The number of aromatic nitrogens is 4. The summed E-state index contributed by atoms with van der Waals surface area (Å²) in [5.41, 5.74) is 10.7. The molecule has 0 amide bonds. The summed E-state index contributed by atoms with van der Waals surface area (Å²) in [6.07, 6.45) is 3.72. The first-order chi connectivity index (χ1) is 23.6. The molecule has 0 fully saturated rings. The van der Waals surface area contributed by atoms with Crippen LogP contribution in [0.5, 0.6) is 0 Å². The minimum absolute atomic E-state index is 0. The first kappa shape index (κ1) is 32.3. The maximum atomic E-state index is 5.13. The summed E-state index contributed by atoms with van der Waals surface area (Å²) in [5, 5.41) is 2.56. The van der Waals surface area contributed by atoms with Gasteiger partial charge in [0.15, 0.2) is 0 Å². The van der Waals surface area contributed by atoms with Gasteiger partial charge in [-0.1, -0.05) is 90.7 Å². The van der Waals surface area contributed by atoms with Crippen LogP contribution in [0.2, 0.25) is 0 Å². The van der Waals surface area contributed by atoms with E-state index in [9.17, 15) is 0 Å². The predicted molar refractivity (Wildman–Crippen MR) is 199 cm³/mol. The van der Waals surface area contributed by atoms with Crippen molar-refractivity contribution in [2.24, 2.45) is 0 Å². The van der Waals surface area contributed by atoms with Gasteiger partial charge in [-0.25, -0.2) is 0 Å². The van der Waals surface area contributed by atoms with Crippen molar-refractivity contribution >= 4 is 42.5 Å². The third-order valence-electron chi connectivity index (χ3n) is 8.42. The standard InChI is InChI=1S/C32H22N3S.C11H8N.Ir/c1-20-13-15-26(31-30(20)25-16-14-23(18-29(25)36-31)22-9-5-3-6-10-22)32-34-27-17-21(2)33-19-28(27)35(32)24-11-7-4-8-12-24;1-2-6-10(7-3-1)11-8-4-5-9-12-11;/h3-14,16-19H,1-2H3;1-6,8-9H;/q2*-1;. The number of para-hydroxylation sites is 1. The van der Waals surface area contributed by atoms with Crippen LogP contribution in [0.15, 0.2) is 146 Å². The second-order valence-corrected chi connectivity index (χ2v) is 12.7. The first-order valence-corrected chi connectivity index (χ1v) is 16.7. The fourth-order valence-electron chi connectivity index (χ4n) is 6.12. The number of benzene rings is 5. The van der Waals surface area contributed by atoms with Crippen molar-refractivity contribution in [3.05, 3.63) is 169 Å². The third kappa shape index (κ3) is 6.34. The molecule has 0 atom stereocenters. The van der Waals surface area contributed by atoms with Gasteiger partial charge < -0.3 is 9.55 Å². The van der Waals surface area contributed by atoms with Gasteiger partial charge in [0.25, 0.3) is 0 Å².